The van der Waals surface area contributed by atoms with Crippen LogP contribution in [0.2, 0.25) is 0 Å². The van der Waals surface area contributed by atoms with Crippen LogP contribution in [0.1, 0.15) is 12.0 Å². The number of hydrogen-bond acceptors (Lipinski definition) is 7. The fourth-order valence-corrected chi connectivity index (χ4v) is 4.37. The molecule has 10 heteroatoms. The average Bonchev–Trinajstić information content (AvgIpc) is 3.34. The molecule has 0 aliphatic carbocycles. The number of ether oxygens (including phenoxy) is 2. The molecule has 1 aliphatic heterocycles. The summed E-state index contributed by atoms with van der Waals surface area (Å²) in [5.74, 6) is 2.86. The van der Waals surface area contributed by atoms with Gasteiger partial charge in [0.15, 0.2) is 28.2 Å². The van der Waals surface area contributed by atoms with Crippen molar-refractivity contribution >= 4 is 33.6 Å². The topological polar surface area (TPSA) is 105 Å². The highest BCUT2D eigenvalue weighted by Crippen LogP contribution is 2.38. The Morgan fingerprint density at radius 2 is 2.04 bits per heavy atom. The van der Waals surface area contributed by atoms with Crippen LogP contribution >= 0.6 is 27.7 Å². The lowest BCUT2D eigenvalue weighted by atomic mass is 10.2. The number of benzene rings is 1. The van der Waals surface area contributed by atoms with Gasteiger partial charge in [0, 0.05) is 23.2 Å². The first kappa shape index (κ1) is 18.9. The first-order chi connectivity index (χ1) is 13.6. The van der Waals surface area contributed by atoms with Crippen molar-refractivity contribution in [3.63, 3.8) is 0 Å². The number of nitrogens with two attached hydrogens (primary N) is 1. The smallest absolute Gasteiger partial charge is 0.219 e. The van der Waals surface area contributed by atoms with Gasteiger partial charge in [-0.25, -0.2) is 0 Å². The van der Waals surface area contributed by atoms with Crippen molar-refractivity contribution < 1.29 is 18.7 Å². The summed E-state index contributed by atoms with van der Waals surface area (Å²) in [6.45, 7) is 1.46. The van der Waals surface area contributed by atoms with Gasteiger partial charge in [0.2, 0.25) is 5.91 Å². The molecular formula is C18H17BrN4O4S. The van der Waals surface area contributed by atoms with Crippen molar-refractivity contribution in [1.82, 2.24) is 14.8 Å². The summed E-state index contributed by atoms with van der Waals surface area (Å²) in [5, 5.41) is 9.18. The number of fused-ring (bicyclic) bond motifs is 1. The number of thioether (sulfide) groups is 1. The number of primary amides is 1. The normalized spacial score (nSPS) is 12.9. The Kier molecular flexibility index (Phi) is 5.58. The summed E-state index contributed by atoms with van der Waals surface area (Å²) < 4.78 is 19.5. The summed E-state index contributed by atoms with van der Waals surface area (Å²) in [6, 6.07) is 7.46. The largest absolute Gasteiger partial charge is 0.486 e. The molecule has 0 saturated heterocycles. The number of hydrogen-bond donors (Lipinski definition) is 1. The van der Waals surface area contributed by atoms with E-state index in [0.717, 1.165) is 21.5 Å². The first-order valence-electron chi connectivity index (χ1n) is 8.58. The van der Waals surface area contributed by atoms with Gasteiger partial charge in [-0.1, -0.05) is 27.7 Å². The summed E-state index contributed by atoms with van der Waals surface area (Å²) >= 11 is 5.09. The van der Waals surface area contributed by atoms with Gasteiger partial charge in [0.05, 0.1) is 6.26 Å². The Morgan fingerprint density at radius 1 is 1.25 bits per heavy atom. The van der Waals surface area contributed by atoms with Crippen LogP contribution in [0.15, 0.2) is 44.6 Å². The second-order valence-corrected chi connectivity index (χ2v) is 7.82. The number of amides is 1. The van der Waals surface area contributed by atoms with E-state index in [0.29, 0.717) is 42.3 Å². The fraction of sp³-hybridized carbons (Fsp3) is 0.278. The van der Waals surface area contributed by atoms with E-state index in [1.54, 1.807) is 18.4 Å². The molecule has 1 amide bonds. The van der Waals surface area contributed by atoms with Crippen molar-refractivity contribution in [3.05, 3.63) is 40.6 Å². The Hall–Kier alpha value is -2.46. The van der Waals surface area contributed by atoms with Crippen LogP contribution in [0.3, 0.4) is 0 Å². The number of halogens is 1. The molecule has 0 fully saturated rings. The summed E-state index contributed by atoms with van der Waals surface area (Å²) in [4.78, 5) is 11.3. The molecule has 4 rings (SSSR count). The highest BCUT2D eigenvalue weighted by atomic mass is 79.9. The molecule has 1 aliphatic rings. The third-order valence-electron chi connectivity index (χ3n) is 4.11. The van der Waals surface area contributed by atoms with Gasteiger partial charge < -0.3 is 19.6 Å². The van der Waals surface area contributed by atoms with Crippen LogP contribution in [0, 0.1) is 0 Å². The minimum atomic E-state index is -0.385. The first-order valence-corrected chi connectivity index (χ1v) is 10.4. The number of rotatable bonds is 7. The van der Waals surface area contributed by atoms with Crippen molar-refractivity contribution in [2.24, 2.45) is 5.73 Å². The zero-order valence-corrected chi connectivity index (χ0v) is 17.2. The Morgan fingerprint density at radius 3 is 2.75 bits per heavy atom. The van der Waals surface area contributed by atoms with Crippen molar-refractivity contribution in [3.8, 4) is 23.1 Å². The highest BCUT2D eigenvalue weighted by Gasteiger charge is 2.19. The number of nitrogens with zero attached hydrogens (tertiary/aromatic N) is 3. The Labute approximate surface area is 173 Å². The summed E-state index contributed by atoms with van der Waals surface area (Å²) in [6.07, 6.45) is 1.76. The standard InChI is InChI=1S/C18H17BrN4O4S/c19-12-9-15-14(26-6-7-27-15)8-11(12)10-28-18-22-21-17(13-2-1-5-25-13)23(18)4-3-16(20)24/h1-2,5,8-9H,3-4,6-7,10H2,(H2,20,24). The van der Waals surface area contributed by atoms with Crippen LogP contribution in [-0.4, -0.2) is 33.9 Å². The number of carbonyl (C=O) groups excluding carboxylic acids is 1. The maximum atomic E-state index is 11.3. The zero-order chi connectivity index (χ0) is 19.5. The van der Waals surface area contributed by atoms with Crippen molar-refractivity contribution in [1.29, 1.82) is 0 Å². The molecule has 3 heterocycles. The molecule has 2 aromatic heterocycles. The fourth-order valence-electron chi connectivity index (χ4n) is 2.77. The van der Waals surface area contributed by atoms with E-state index in [9.17, 15) is 4.79 Å². The molecule has 0 saturated carbocycles. The molecule has 2 N–H and O–H groups in total. The minimum absolute atomic E-state index is 0.188. The third-order valence-corrected chi connectivity index (χ3v) is 5.86. The zero-order valence-electron chi connectivity index (χ0n) is 14.8. The monoisotopic (exact) mass is 464 g/mol. The molecule has 0 spiro atoms. The summed E-state index contributed by atoms with van der Waals surface area (Å²) in [5.41, 5.74) is 6.36. The second-order valence-electron chi connectivity index (χ2n) is 6.03. The predicted molar refractivity (Wildman–Crippen MR) is 106 cm³/mol. The van der Waals surface area contributed by atoms with Gasteiger partial charge in [0.1, 0.15) is 13.2 Å². The van der Waals surface area contributed by atoms with Crippen LogP contribution in [0.5, 0.6) is 11.5 Å². The maximum Gasteiger partial charge on any atom is 0.219 e. The van der Waals surface area contributed by atoms with Crippen molar-refractivity contribution in [2.45, 2.75) is 23.9 Å². The molecule has 0 atom stereocenters. The Balaban J connectivity index is 1.57. The highest BCUT2D eigenvalue weighted by molar-refractivity contribution is 9.10. The van der Waals surface area contributed by atoms with Gasteiger partial charge >= 0.3 is 0 Å². The molecule has 0 radical (unpaired) electrons. The van der Waals surface area contributed by atoms with Gasteiger partial charge in [-0.15, -0.1) is 10.2 Å². The number of carbonyl (C=O) groups is 1. The summed E-state index contributed by atoms with van der Waals surface area (Å²) in [7, 11) is 0. The van der Waals surface area contributed by atoms with E-state index in [1.807, 2.05) is 16.7 Å². The van der Waals surface area contributed by atoms with Gasteiger partial charge in [-0.2, -0.15) is 0 Å². The van der Waals surface area contributed by atoms with E-state index in [-0.39, 0.29) is 12.3 Å². The van der Waals surface area contributed by atoms with Gasteiger partial charge in [-0.3, -0.25) is 9.36 Å². The lowest BCUT2D eigenvalue weighted by Crippen LogP contribution is -2.15. The molecule has 28 heavy (non-hydrogen) atoms. The van der Waals surface area contributed by atoms with E-state index >= 15 is 0 Å². The van der Waals surface area contributed by atoms with Crippen LogP contribution in [0.25, 0.3) is 11.6 Å². The van der Waals surface area contributed by atoms with Gasteiger partial charge in [-0.05, 0) is 29.8 Å². The lowest BCUT2D eigenvalue weighted by molar-refractivity contribution is -0.118. The number of aromatic nitrogens is 3. The second kappa shape index (κ2) is 8.27. The quantitative estimate of drug-likeness (QED) is 0.534. The average molecular weight is 465 g/mol. The minimum Gasteiger partial charge on any atom is -0.486 e. The van der Waals surface area contributed by atoms with Gasteiger partial charge in [0.25, 0.3) is 0 Å². The van der Waals surface area contributed by atoms with E-state index < -0.39 is 0 Å². The third kappa shape index (κ3) is 4.02. The number of furan rings is 1. The predicted octanol–water partition coefficient (Wildman–Crippen LogP) is 3.24. The van der Waals surface area contributed by atoms with E-state index in [2.05, 4.69) is 26.1 Å². The molecule has 3 aromatic rings. The molecule has 8 nitrogen and oxygen atoms in total. The SMILES string of the molecule is NC(=O)CCn1c(SCc2cc3c(cc2Br)OCCO3)nnc1-c1ccco1. The van der Waals surface area contributed by atoms with Crippen LogP contribution in [-0.2, 0) is 17.1 Å². The van der Waals surface area contributed by atoms with E-state index in [1.165, 1.54) is 11.8 Å². The lowest BCUT2D eigenvalue weighted by Gasteiger charge is -2.19. The Bertz CT molecular complexity index is 990. The van der Waals surface area contributed by atoms with Crippen molar-refractivity contribution in [2.75, 3.05) is 13.2 Å². The molecule has 146 valence electrons. The molecule has 0 unspecified atom stereocenters. The van der Waals surface area contributed by atoms with E-state index in [4.69, 9.17) is 19.6 Å². The van der Waals surface area contributed by atoms with Crippen LogP contribution < -0.4 is 15.2 Å². The molecular weight excluding hydrogens is 448 g/mol. The molecule has 1 aromatic carbocycles. The molecule has 0 bridgehead atoms. The van der Waals surface area contributed by atoms with Crippen LogP contribution in [0.4, 0.5) is 0 Å². The maximum absolute atomic E-state index is 11.3.